The average molecular weight is 312 g/mol. The van der Waals surface area contributed by atoms with Gasteiger partial charge in [-0.3, -0.25) is 0 Å². The Morgan fingerprint density at radius 2 is 1.81 bits per heavy atom. The fraction of sp³-hybridized carbons (Fsp3) is 0.133. The largest absolute Gasteiger partial charge is 0.441 e. The molecule has 2 aromatic carbocycles. The van der Waals surface area contributed by atoms with Gasteiger partial charge in [-0.15, -0.1) is 11.6 Å². The number of aromatic nitrogens is 1. The van der Waals surface area contributed by atoms with Crippen LogP contribution >= 0.6 is 11.6 Å². The van der Waals surface area contributed by atoms with Crippen LogP contribution in [0.1, 0.15) is 16.8 Å². The van der Waals surface area contributed by atoms with Crippen molar-refractivity contribution in [2.24, 2.45) is 0 Å². The van der Waals surface area contributed by atoms with Crippen molar-refractivity contribution < 1.29 is 17.6 Å². The van der Waals surface area contributed by atoms with Crippen molar-refractivity contribution in [2.75, 3.05) is 0 Å². The van der Waals surface area contributed by atoms with Crippen LogP contribution in [-0.4, -0.2) is 4.98 Å². The SMILES string of the molecule is Fc1ccc(C(Cl)Cc2nc3ccccc3o2)c(F)c1F. The van der Waals surface area contributed by atoms with Crippen LogP contribution in [0, 0.1) is 17.5 Å². The van der Waals surface area contributed by atoms with Gasteiger partial charge in [-0.1, -0.05) is 18.2 Å². The van der Waals surface area contributed by atoms with Crippen LogP contribution in [0.3, 0.4) is 0 Å². The number of halogens is 4. The van der Waals surface area contributed by atoms with E-state index in [4.69, 9.17) is 16.0 Å². The maximum absolute atomic E-state index is 13.7. The number of hydrogen-bond donors (Lipinski definition) is 0. The molecule has 1 aromatic heterocycles. The molecule has 0 spiro atoms. The van der Waals surface area contributed by atoms with Crippen molar-refractivity contribution in [1.29, 1.82) is 0 Å². The van der Waals surface area contributed by atoms with Crippen molar-refractivity contribution in [3.05, 3.63) is 65.3 Å². The van der Waals surface area contributed by atoms with Gasteiger partial charge in [0, 0.05) is 12.0 Å². The van der Waals surface area contributed by atoms with Crippen LogP contribution in [0.5, 0.6) is 0 Å². The quantitative estimate of drug-likeness (QED) is 0.514. The summed E-state index contributed by atoms with van der Waals surface area (Å²) < 4.78 is 45.2. The lowest BCUT2D eigenvalue weighted by Gasteiger charge is -2.09. The standard InChI is InChI=1S/C15H9ClF3NO/c16-9(8-5-6-10(17)15(19)14(8)18)7-13-20-11-3-1-2-4-12(11)21-13/h1-6,9H,7H2. The second kappa shape index (κ2) is 5.41. The minimum Gasteiger partial charge on any atom is -0.441 e. The summed E-state index contributed by atoms with van der Waals surface area (Å²) in [4.78, 5) is 4.21. The predicted octanol–water partition coefficient (Wildman–Crippen LogP) is 4.77. The van der Waals surface area contributed by atoms with Crippen molar-refractivity contribution in [2.45, 2.75) is 11.8 Å². The summed E-state index contributed by atoms with van der Waals surface area (Å²) in [6.45, 7) is 0. The number of para-hydroxylation sites is 2. The first kappa shape index (κ1) is 13.9. The molecule has 0 radical (unpaired) electrons. The second-order valence-electron chi connectivity index (χ2n) is 4.51. The molecule has 0 N–H and O–H groups in total. The normalized spacial score (nSPS) is 12.8. The van der Waals surface area contributed by atoms with Crippen molar-refractivity contribution in [3.63, 3.8) is 0 Å². The van der Waals surface area contributed by atoms with E-state index in [9.17, 15) is 13.2 Å². The van der Waals surface area contributed by atoms with Gasteiger partial charge in [0.25, 0.3) is 0 Å². The van der Waals surface area contributed by atoms with Crippen LogP contribution in [-0.2, 0) is 6.42 Å². The lowest BCUT2D eigenvalue weighted by molar-refractivity contribution is 0.438. The Bertz CT molecular complexity index is 770. The monoisotopic (exact) mass is 311 g/mol. The van der Waals surface area contributed by atoms with Crippen LogP contribution in [0.4, 0.5) is 13.2 Å². The highest BCUT2D eigenvalue weighted by Gasteiger charge is 2.21. The Labute approximate surface area is 123 Å². The lowest BCUT2D eigenvalue weighted by Crippen LogP contribution is -2.03. The van der Waals surface area contributed by atoms with Gasteiger partial charge in [0.1, 0.15) is 5.52 Å². The Kier molecular flexibility index (Phi) is 3.59. The summed E-state index contributed by atoms with van der Waals surface area (Å²) >= 11 is 6.07. The van der Waals surface area contributed by atoms with Crippen LogP contribution in [0.25, 0.3) is 11.1 Å². The maximum atomic E-state index is 13.7. The molecule has 1 unspecified atom stereocenters. The fourth-order valence-corrected chi connectivity index (χ4v) is 2.35. The Hall–Kier alpha value is -2.01. The number of benzene rings is 2. The van der Waals surface area contributed by atoms with Gasteiger partial charge in [-0.2, -0.15) is 0 Å². The van der Waals surface area contributed by atoms with Gasteiger partial charge in [-0.25, -0.2) is 18.2 Å². The summed E-state index contributed by atoms with van der Waals surface area (Å²) in [7, 11) is 0. The Balaban J connectivity index is 1.89. The number of nitrogens with zero attached hydrogens (tertiary/aromatic N) is 1. The summed E-state index contributed by atoms with van der Waals surface area (Å²) in [6, 6.07) is 9.08. The second-order valence-corrected chi connectivity index (χ2v) is 5.04. The minimum atomic E-state index is -1.53. The van der Waals surface area contributed by atoms with E-state index in [1.54, 1.807) is 18.2 Å². The Morgan fingerprint density at radius 3 is 2.57 bits per heavy atom. The summed E-state index contributed by atoms with van der Waals surface area (Å²) in [6.07, 6.45) is 0.0677. The van der Waals surface area contributed by atoms with E-state index in [1.807, 2.05) is 6.07 Å². The molecule has 0 aliphatic carbocycles. The van der Waals surface area contributed by atoms with Gasteiger partial charge in [-0.05, 0) is 18.2 Å². The molecule has 2 nitrogen and oxygen atoms in total. The molecule has 6 heteroatoms. The van der Waals surface area contributed by atoms with E-state index in [-0.39, 0.29) is 12.0 Å². The molecule has 21 heavy (non-hydrogen) atoms. The average Bonchev–Trinajstić information content (AvgIpc) is 2.86. The molecule has 0 aliphatic heterocycles. The van der Waals surface area contributed by atoms with E-state index < -0.39 is 22.8 Å². The molecule has 0 saturated carbocycles. The van der Waals surface area contributed by atoms with Crippen LogP contribution in [0.2, 0.25) is 0 Å². The summed E-state index contributed by atoms with van der Waals surface area (Å²) in [5.74, 6) is -3.76. The number of hydrogen-bond acceptors (Lipinski definition) is 2. The molecule has 3 aromatic rings. The fourth-order valence-electron chi connectivity index (χ4n) is 2.05. The highest BCUT2D eigenvalue weighted by Crippen LogP contribution is 2.30. The molecule has 3 rings (SSSR count). The van der Waals surface area contributed by atoms with E-state index in [1.165, 1.54) is 0 Å². The zero-order chi connectivity index (χ0) is 15.0. The van der Waals surface area contributed by atoms with Gasteiger partial charge in [0.15, 0.2) is 28.9 Å². The van der Waals surface area contributed by atoms with Crippen molar-refractivity contribution >= 4 is 22.7 Å². The first-order valence-corrected chi connectivity index (χ1v) is 6.62. The maximum Gasteiger partial charge on any atom is 0.197 e. The highest BCUT2D eigenvalue weighted by molar-refractivity contribution is 6.20. The third kappa shape index (κ3) is 2.61. The topological polar surface area (TPSA) is 26.0 Å². The van der Waals surface area contributed by atoms with E-state index in [2.05, 4.69) is 4.98 Å². The first-order valence-electron chi connectivity index (χ1n) is 6.18. The van der Waals surface area contributed by atoms with E-state index >= 15 is 0 Å². The zero-order valence-electron chi connectivity index (χ0n) is 10.6. The van der Waals surface area contributed by atoms with E-state index in [0.717, 1.165) is 12.1 Å². The number of alkyl halides is 1. The molecule has 0 amide bonds. The van der Waals surface area contributed by atoms with Gasteiger partial charge < -0.3 is 4.42 Å². The first-order chi connectivity index (χ1) is 10.1. The number of rotatable bonds is 3. The number of fused-ring (bicyclic) bond motifs is 1. The van der Waals surface area contributed by atoms with E-state index in [0.29, 0.717) is 17.0 Å². The molecule has 1 heterocycles. The predicted molar refractivity (Wildman–Crippen MR) is 72.6 cm³/mol. The molecule has 0 aliphatic rings. The van der Waals surface area contributed by atoms with Gasteiger partial charge in [0.2, 0.25) is 0 Å². The molecular formula is C15H9ClF3NO. The molecule has 0 fully saturated rings. The smallest absolute Gasteiger partial charge is 0.197 e. The lowest BCUT2D eigenvalue weighted by atomic mass is 10.1. The van der Waals surface area contributed by atoms with Gasteiger partial charge >= 0.3 is 0 Å². The van der Waals surface area contributed by atoms with Crippen LogP contribution < -0.4 is 0 Å². The minimum absolute atomic E-state index is 0.0677. The van der Waals surface area contributed by atoms with Gasteiger partial charge in [0.05, 0.1) is 5.38 Å². The third-order valence-electron chi connectivity index (χ3n) is 3.09. The Morgan fingerprint density at radius 1 is 1.05 bits per heavy atom. The summed E-state index contributed by atoms with van der Waals surface area (Å²) in [5, 5.41) is -0.909. The zero-order valence-corrected chi connectivity index (χ0v) is 11.4. The third-order valence-corrected chi connectivity index (χ3v) is 3.48. The molecule has 108 valence electrons. The van der Waals surface area contributed by atoms with Crippen LogP contribution in [0.15, 0.2) is 40.8 Å². The number of oxazole rings is 1. The highest BCUT2D eigenvalue weighted by atomic mass is 35.5. The molecule has 1 atom stereocenters. The molecule has 0 bridgehead atoms. The summed E-state index contributed by atoms with van der Waals surface area (Å²) in [5.41, 5.74) is 1.11. The molecule has 0 saturated heterocycles. The van der Waals surface area contributed by atoms with Crippen molar-refractivity contribution in [3.8, 4) is 0 Å². The van der Waals surface area contributed by atoms with Crippen molar-refractivity contribution in [1.82, 2.24) is 4.98 Å². The molecular weight excluding hydrogens is 303 g/mol.